The molecule has 5 N–H and O–H groups in total. The molecule has 78 valence electrons. The molecular weight excluding hydrogens is 190 g/mol. The lowest BCUT2D eigenvalue weighted by atomic mass is 9.78. The average molecular weight is 208 g/mol. The Morgan fingerprint density at radius 1 is 1.62 bits per heavy atom. The Labute approximate surface area is 84.8 Å². The van der Waals surface area contributed by atoms with Gasteiger partial charge in [0.05, 0.1) is 6.04 Å². The Morgan fingerprint density at radius 3 is 2.46 bits per heavy atom. The van der Waals surface area contributed by atoms with Crippen LogP contribution in [0.15, 0.2) is 0 Å². The lowest BCUT2D eigenvalue weighted by Crippen LogP contribution is -2.56. The first-order chi connectivity index (χ1) is 5.53. The number of rotatable bonds is 3. The van der Waals surface area contributed by atoms with E-state index in [1.807, 2.05) is 0 Å². The largest absolute Gasteiger partial charge is 0.353 e. The van der Waals surface area contributed by atoms with Gasteiger partial charge in [-0.15, -0.1) is 12.4 Å². The van der Waals surface area contributed by atoms with Gasteiger partial charge in [-0.05, 0) is 26.2 Å². The molecule has 0 bridgehead atoms. The fraction of sp³-hybridized carbons (Fsp3) is 0.875. The second kappa shape index (κ2) is 4.79. The zero-order valence-electron chi connectivity index (χ0n) is 7.88. The maximum atomic E-state index is 11.0. The van der Waals surface area contributed by atoms with Crippen molar-refractivity contribution in [2.24, 2.45) is 11.5 Å². The molecule has 0 radical (unpaired) electrons. The van der Waals surface area contributed by atoms with Crippen molar-refractivity contribution in [1.29, 1.82) is 0 Å². The number of hydrogen-bond donors (Lipinski definition) is 3. The smallest absolute Gasteiger partial charge is 0.236 e. The van der Waals surface area contributed by atoms with E-state index in [1.165, 1.54) is 6.42 Å². The Balaban J connectivity index is 0.00000144. The summed E-state index contributed by atoms with van der Waals surface area (Å²) in [6.45, 7) is 2.23. The van der Waals surface area contributed by atoms with Crippen molar-refractivity contribution in [3.8, 4) is 0 Å². The van der Waals surface area contributed by atoms with E-state index >= 15 is 0 Å². The van der Waals surface area contributed by atoms with E-state index < -0.39 is 6.04 Å². The van der Waals surface area contributed by atoms with E-state index in [1.54, 1.807) is 6.92 Å². The molecule has 1 fully saturated rings. The van der Waals surface area contributed by atoms with Gasteiger partial charge in [0.15, 0.2) is 0 Å². The standard InChI is InChI=1S/C8H17N3O.ClH/c1-6(9)7(12)11-5-8(10)3-2-4-8;/h6H,2-5,9-10H2,1H3,(H,11,12);1H/t6-;/m0./s1. The summed E-state index contributed by atoms with van der Waals surface area (Å²) in [7, 11) is 0. The molecule has 1 rings (SSSR count). The van der Waals surface area contributed by atoms with Crippen molar-refractivity contribution >= 4 is 18.3 Å². The van der Waals surface area contributed by atoms with Crippen LogP contribution in [-0.4, -0.2) is 24.0 Å². The molecule has 1 atom stereocenters. The van der Waals surface area contributed by atoms with Crippen LogP contribution in [0.3, 0.4) is 0 Å². The van der Waals surface area contributed by atoms with Gasteiger partial charge in [0, 0.05) is 12.1 Å². The van der Waals surface area contributed by atoms with E-state index in [0.717, 1.165) is 12.8 Å². The molecule has 13 heavy (non-hydrogen) atoms. The molecule has 5 heteroatoms. The Kier molecular flexibility index (Phi) is 4.67. The van der Waals surface area contributed by atoms with E-state index in [4.69, 9.17) is 11.5 Å². The summed E-state index contributed by atoms with van der Waals surface area (Å²) in [5.41, 5.74) is 11.1. The number of hydrogen-bond acceptors (Lipinski definition) is 3. The van der Waals surface area contributed by atoms with Crippen LogP contribution in [0.1, 0.15) is 26.2 Å². The fourth-order valence-corrected chi connectivity index (χ4v) is 1.23. The van der Waals surface area contributed by atoms with Crippen LogP contribution in [0.4, 0.5) is 0 Å². The lowest BCUT2D eigenvalue weighted by molar-refractivity contribution is -0.122. The summed E-state index contributed by atoms with van der Waals surface area (Å²) in [5, 5.41) is 2.74. The first kappa shape index (κ1) is 12.7. The molecular formula is C8H18ClN3O. The molecule has 1 aliphatic rings. The minimum Gasteiger partial charge on any atom is -0.353 e. The average Bonchev–Trinajstić information content (AvgIpc) is 1.96. The third kappa shape index (κ3) is 3.50. The summed E-state index contributed by atoms with van der Waals surface area (Å²) < 4.78 is 0. The highest BCUT2D eigenvalue weighted by atomic mass is 35.5. The van der Waals surface area contributed by atoms with Crippen molar-refractivity contribution in [3.05, 3.63) is 0 Å². The summed E-state index contributed by atoms with van der Waals surface area (Å²) >= 11 is 0. The Morgan fingerprint density at radius 2 is 2.15 bits per heavy atom. The van der Waals surface area contributed by atoms with Crippen molar-refractivity contribution in [3.63, 3.8) is 0 Å². The molecule has 4 nitrogen and oxygen atoms in total. The highest BCUT2D eigenvalue weighted by Crippen LogP contribution is 2.27. The minimum absolute atomic E-state index is 0. The van der Waals surface area contributed by atoms with Crippen molar-refractivity contribution in [2.45, 2.75) is 37.8 Å². The van der Waals surface area contributed by atoms with Gasteiger partial charge in [0.1, 0.15) is 0 Å². The van der Waals surface area contributed by atoms with Gasteiger partial charge in [-0.1, -0.05) is 0 Å². The zero-order valence-corrected chi connectivity index (χ0v) is 8.69. The predicted octanol–water partition coefficient (Wildman–Crippen LogP) is -0.247. The second-order valence-corrected chi connectivity index (χ2v) is 3.72. The second-order valence-electron chi connectivity index (χ2n) is 3.72. The highest BCUT2D eigenvalue weighted by molar-refractivity contribution is 5.85. The van der Waals surface area contributed by atoms with Crippen LogP contribution in [-0.2, 0) is 4.79 Å². The van der Waals surface area contributed by atoms with Gasteiger partial charge in [-0.2, -0.15) is 0 Å². The van der Waals surface area contributed by atoms with Gasteiger partial charge in [-0.3, -0.25) is 4.79 Å². The quantitative estimate of drug-likeness (QED) is 0.597. The molecule has 1 aliphatic carbocycles. The van der Waals surface area contributed by atoms with Gasteiger partial charge in [0.2, 0.25) is 5.91 Å². The monoisotopic (exact) mass is 207 g/mol. The molecule has 0 spiro atoms. The molecule has 0 heterocycles. The molecule has 1 saturated carbocycles. The number of carbonyl (C=O) groups is 1. The van der Waals surface area contributed by atoms with E-state index in [0.29, 0.717) is 6.54 Å². The molecule has 0 unspecified atom stereocenters. The van der Waals surface area contributed by atoms with Crippen molar-refractivity contribution in [1.82, 2.24) is 5.32 Å². The molecule has 0 aliphatic heterocycles. The minimum atomic E-state index is -0.436. The van der Waals surface area contributed by atoms with E-state index in [2.05, 4.69) is 5.32 Å². The Hall–Kier alpha value is -0.320. The first-order valence-electron chi connectivity index (χ1n) is 4.36. The topological polar surface area (TPSA) is 81.1 Å². The SMILES string of the molecule is C[C@H](N)C(=O)NCC1(N)CCC1.Cl. The van der Waals surface area contributed by atoms with Crippen molar-refractivity contribution < 1.29 is 4.79 Å². The van der Waals surface area contributed by atoms with Crippen LogP contribution in [0, 0.1) is 0 Å². The predicted molar refractivity (Wildman–Crippen MR) is 54.7 cm³/mol. The molecule has 0 saturated heterocycles. The summed E-state index contributed by atoms with van der Waals surface area (Å²) in [4.78, 5) is 11.0. The number of nitrogens with one attached hydrogen (secondary N) is 1. The third-order valence-corrected chi connectivity index (χ3v) is 2.38. The summed E-state index contributed by atoms with van der Waals surface area (Å²) in [5.74, 6) is -0.119. The van der Waals surface area contributed by atoms with Gasteiger partial charge < -0.3 is 16.8 Å². The maximum Gasteiger partial charge on any atom is 0.236 e. The molecule has 0 aromatic carbocycles. The lowest BCUT2D eigenvalue weighted by Gasteiger charge is -2.38. The number of amides is 1. The fourth-order valence-electron chi connectivity index (χ4n) is 1.23. The van der Waals surface area contributed by atoms with Crippen LogP contribution in [0.5, 0.6) is 0 Å². The van der Waals surface area contributed by atoms with Crippen LogP contribution >= 0.6 is 12.4 Å². The molecule has 1 amide bonds. The van der Waals surface area contributed by atoms with Crippen LogP contribution < -0.4 is 16.8 Å². The van der Waals surface area contributed by atoms with Crippen LogP contribution in [0.25, 0.3) is 0 Å². The van der Waals surface area contributed by atoms with E-state index in [9.17, 15) is 4.79 Å². The van der Waals surface area contributed by atoms with Crippen molar-refractivity contribution in [2.75, 3.05) is 6.54 Å². The zero-order chi connectivity index (χ0) is 9.19. The Bertz CT molecular complexity index is 180. The number of carbonyl (C=O) groups excluding carboxylic acids is 1. The van der Waals surface area contributed by atoms with Crippen LogP contribution in [0.2, 0.25) is 0 Å². The summed E-state index contributed by atoms with van der Waals surface area (Å²) in [6.07, 6.45) is 3.18. The number of nitrogens with two attached hydrogens (primary N) is 2. The highest BCUT2D eigenvalue weighted by Gasteiger charge is 2.32. The van der Waals surface area contributed by atoms with E-state index in [-0.39, 0.29) is 23.9 Å². The summed E-state index contributed by atoms with van der Waals surface area (Å²) in [6, 6.07) is -0.436. The molecule has 0 aromatic heterocycles. The third-order valence-electron chi connectivity index (χ3n) is 2.38. The van der Waals surface area contributed by atoms with Gasteiger partial charge in [0.25, 0.3) is 0 Å². The van der Waals surface area contributed by atoms with Gasteiger partial charge >= 0.3 is 0 Å². The molecule has 0 aromatic rings. The maximum absolute atomic E-state index is 11.0. The normalized spacial score (nSPS) is 20.8. The van der Waals surface area contributed by atoms with Gasteiger partial charge in [-0.25, -0.2) is 0 Å². The first-order valence-corrected chi connectivity index (χ1v) is 4.36. The number of halogens is 1.